The van der Waals surface area contributed by atoms with Crippen LogP contribution in [0.2, 0.25) is 0 Å². The van der Waals surface area contributed by atoms with Crippen molar-refractivity contribution in [3.05, 3.63) is 0 Å². The number of aliphatic carboxylic acids is 1. The van der Waals surface area contributed by atoms with Crippen molar-refractivity contribution < 1.29 is 18.3 Å². The van der Waals surface area contributed by atoms with E-state index in [-0.39, 0.29) is 17.1 Å². The van der Waals surface area contributed by atoms with Crippen LogP contribution in [-0.2, 0) is 14.8 Å². The van der Waals surface area contributed by atoms with Gasteiger partial charge in [-0.05, 0) is 37.5 Å². The molecule has 3 aliphatic rings. The van der Waals surface area contributed by atoms with Gasteiger partial charge in [0.15, 0.2) is 0 Å². The first kappa shape index (κ1) is 14.3. The lowest BCUT2D eigenvalue weighted by atomic mass is 9.94. The van der Waals surface area contributed by atoms with Gasteiger partial charge in [-0.15, -0.1) is 0 Å². The molecule has 1 aliphatic heterocycles. The molecule has 1 heterocycles. The second-order valence-corrected chi connectivity index (χ2v) is 8.68. The van der Waals surface area contributed by atoms with Gasteiger partial charge in [0, 0.05) is 6.54 Å². The van der Waals surface area contributed by atoms with E-state index >= 15 is 0 Å². The van der Waals surface area contributed by atoms with Crippen LogP contribution in [0, 0.1) is 11.8 Å². The van der Waals surface area contributed by atoms with Crippen LogP contribution in [0.15, 0.2) is 0 Å². The largest absolute Gasteiger partial charge is 0.480 e. The minimum Gasteiger partial charge on any atom is -0.480 e. The van der Waals surface area contributed by atoms with Gasteiger partial charge in [-0.1, -0.05) is 25.7 Å². The molecule has 2 aliphatic carbocycles. The summed E-state index contributed by atoms with van der Waals surface area (Å²) in [5.41, 5.74) is 0. The Balaban J connectivity index is 1.86. The fourth-order valence-corrected chi connectivity index (χ4v) is 6.66. The predicted octanol–water partition coefficient (Wildman–Crippen LogP) is 1.83. The summed E-state index contributed by atoms with van der Waals surface area (Å²) >= 11 is 0. The molecule has 0 radical (unpaired) electrons. The minimum atomic E-state index is -3.45. The molecule has 1 N–H and O–H groups in total. The second kappa shape index (κ2) is 5.30. The Morgan fingerprint density at radius 1 is 1.00 bits per heavy atom. The molecule has 0 aromatic carbocycles. The van der Waals surface area contributed by atoms with Crippen LogP contribution in [0.25, 0.3) is 0 Å². The number of nitrogens with zero attached hydrogens (tertiary/aromatic N) is 1. The summed E-state index contributed by atoms with van der Waals surface area (Å²) in [6.45, 7) is 0.431. The lowest BCUT2D eigenvalue weighted by Gasteiger charge is -2.30. The normalized spacial score (nSPS) is 36.1. The van der Waals surface area contributed by atoms with Crippen LogP contribution in [0.1, 0.15) is 51.4 Å². The number of carboxylic acids is 1. The first-order valence-electron chi connectivity index (χ1n) is 7.75. The zero-order chi connectivity index (χ0) is 14.3. The SMILES string of the molecule is O=C(O)C1C2CCCC2CN1S(=O)(=O)C1CCCCC1. The van der Waals surface area contributed by atoms with Gasteiger partial charge in [0.1, 0.15) is 6.04 Å². The Bertz CT molecular complexity index is 483. The molecule has 3 atom stereocenters. The van der Waals surface area contributed by atoms with Gasteiger partial charge in [-0.3, -0.25) is 4.79 Å². The zero-order valence-electron chi connectivity index (χ0n) is 11.7. The summed E-state index contributed by atoms with van der Waals surface area (Å²) < 4.78 is 26.9. The van der Waals surface area contributed by atoms with Crippen LogP contribution in [-0.4, -0.2) is 41.6 Å². The Morgan fingerprint density at radius 3 is 2.35 bits per heavy atom. The van der Waals surface area contributed by atoms with Crippen molar-refractivity contribution >= 4 is 16.0 Å². The van der Waals surface area contributed by atoms with E-state index < -0.39 is 22.0 Å². The Labute approximate surface area is 120 Å². The maximum absolute atomic E-state index is 12.8. The van der Waals surface area contributed by atoms with Gasteiger partial charge in [-0.2, -0.15) is 4.31 Å². The molecular weight excluding hydrogens is 278 g/mol. The molecule has 5 nitrogen and oxygen atoms in total. The van der Waals surface area contributed by atoms with E-state index in [1.165, 1.54) is 4.31 Å². The molecule has 3 fully saturated rings. The lowest BCUT2D eigenvalue weighted by Crippen LogP contribution is -2.47. The average molecular weight is 301 g/mol. The van der Waals surface area contributed by atoms with Gasteiger partial charge in [0.05, 0.1) is 5.25 Å². The van der Waals surface area contributed by atoms with Crippen LogP contribution in [0.5, 0.6) is 0 Å². The maximum atomic E-state index is 12.8. The summed E-state index contributed by atoms with van der Waals surface area (Å²) in [5.74, 6) is -0.667. The zero-order valence-corrected chi connectivity index (χ0v) is 12.5. The molecular formula is C14H23NO4S. The highest BCUT2D eigenvalue weighted by Gasteiger charge is 2.53. The average Bonchev–Trinajstić information content (AvgIpc) is 2.99. The van der Waals surface area contributed by atoms with Crippen LogP contribution >= 0.6 is 0 Å². The van der Waals surface area contributed by atoms with Gasteiger partial charge in [0.25, 0.3) is 0 Å². The van der Waals surface area contributed by atoms with Gasteiger partial charge in [0.2, 0.25) is 10.0 Å². The van der Waals surface area contributed by atoms with E-state index in [0.29, 0.717) is 19.4 Å². The first-order valence-corrected chi connectivity index (χ1v) is 9.25. The highest BCUT2D eigenvalue weighted by molar-refractivity contribution is 7.89. The third-order valence-corrected chi connectivity index (χ3v) is 7.75. The van der Waals surface area contributed by atoms with Gasteiger partial charge >= 0.3 is 5.97 Å². The summed E-state index contributed by atoms with van der Waals surface area (Å²) in [5, 5.41) is 9.14. The van der Waals surface area contributed by atoms with Crippen molar-refractivity contribution in [3.8, 4) is 0 Å². The van der Waals surface area contributed by atoms with Crippen LogP contribution in [0.4, 0.5) is 0 Å². The highest BCUT2D eigenvalue weighted by atomic mass is 32.2. The van der Waals surface area contributed by atoms with E-state index in [1.807, 2.05) is 0 Å². The molecule has 0 bridgehead atoms. The summed E-state index contributed by atoms with van der Waals surface area (Å²) in [7, 11) is -3.45. The molecule has 20 heavy (non-hydrogen) atoms. The third-order valence-electron chi connectivity index (χ3n) is 5.40. The van der Waals surface area contributed by atoms with Crippen molar-refractivity contribution in [2.45, 2.75) is 62.7 Å². The number of fused-ring (bicyclic) bond motifs is 1. The molecule has 1 saturated heterocycles. The van der Waals surface area contributed by atoms with E-state index in [2.05, 4.69) is 0 Å². The second-order valence-electron chi connectivity index (χ2n) is 6.51. The fraction of sp³-hybridized carbons (Fsp3) is 0.929. The van der Waals surface area contributed by atoms with E-state index in [1.54, 1.807) is 0 Å². The van der Waals surface area contributed by atoms with Crippen LogP contribution < -0.4 is 0 Å². The number of carbonyl (C=O) groups is 1. The smallest absolute Gasteiger partial charge is 0.322 e. The maximum Gasteiger partial charge on any atom is 0.322 e. The number of sulfonamides is 1. The molecule has 0 amide bonds. The molecule has 114 valence electrons. The number of carboxylic acid groups (broad SMARTS) is 1. The first-order chi connectivity index (χ1) is 9.51. The monoisotopic (exact) mass is 301 g/mol. The van der Waals surface area contributed by atoms with Gasteiger partial charge in [-0.25, -0.2) is 8.42 Å². The van der Waals surface area contributed by atoms with Crippen molar-refractivity contribution in [3.63, 3.8) is 0 Å². The minimum absolute atomic E-state index is 0.0332. The molecule has 2 saturated carbocycles. The Hall–Kier alpha value is -0.620. The molecule has 3 unspecified atom stereocenters. The van der Waals surface area contributed by atoms with Crippen molar-refractivity contribution in [2.24, 2.45) is 11.8 Å². The Kier molecular flexibility index (Phi) is 3.79. The summed E-state index contributed by atoms with van der Waals surface area (Å²) in [4.78, 5) is 11.6. The standard InChI is InChI=1S/C14H23NO4S/c16-14(17)13-12-8-4-5-10(12)9-15(13)20(18,19)11-6-2-1-3-7-11/h10-13H,1-9H2,(H,16,17). The topological polar surface area (TPSA) is 74.7 Å². The molecule has 3 rings (SSSR count). The van der Waals surface area contributed by atoms with Crippen LogP contribution in [0.3, 0.4) is 0 Å². The number of hydrogen-bond donors (Lipinski definition) is 1. The Morgan fingerprint density at radius 2 is 1.70 bits per heavy atom. The number of hydrogen-bond acceptors (Lipinski definition) is 3. The lowest BCUT2D eigenvalue weighted by molar-refractivity contribution is -0.142. The van der Waals surface area contributed by atoms with Crippen molar-refractivity contribution in [1.29, 1.82) is 0 Å². The predicted molar refractivity (Wildman–Crippen MR) is 74.8 cm³/mol. The number of rotatable bonds is 3. The quantitative estimate of drug-likeness (QED) is 0.863. The molecule has 0 spiro atoms. The van der Waals surface area contributed by atoms with Gasteiger partial charge < -0.3 is 5.11 Å². The van der Waals surface area contributed by atoms with E-state index in [0.717, 1.165) is 38.5 Å². The third kappa shape index (κ3) is 2.26. The molecule has 6 heteroatoms. The fourth-order valence-electron chi connectivity index (χ4n) is 4.39. The summed E-state index contributed by atoms with van der Waals surface area (Å²) in [6.07, 6.45) is 7.26. The van der Waals surface area contributed by atoms with Crippen molar-refractivity contribution in [1.82, 2.24) is 4.31 Å². The van der Waals surface area contributed by atoms with E-state index in [4.69, 9.17) is 0 Å². The molecule has 0 aromatic rings. The molecule has 0 aromatic heterocycles. The summed E-state index contributed by atoms with van der Waals surface area (Å²) in [6, 6.07) is -0.811. The highest BCUT2D eigenvalue weighted by Crippen LogP contribution is 2.44. The van der Waals surface area contributed by atoms with Crippen molar-refractivity contribution in [2.75, 3.05) is 6.54 Å². The van der Waals surface area contributed by atoms with E-state index in [9.17, 15) is 18.3 Å².